The molecule has 0 unspecified atom stereocenters. The fraction of sp³-hybridized carbons (Fsp3) is 0.714. The Balaban J connectivity index is 2.51. The number of amides is 2. The van der Waals surface area contributed by atoms with Crippen LogP contribution in [-0.4, -0.2) is 48.5 Å². The van der Waals surface area contributed by atoms with Gasteiger partial charge in [0.1, 0.15) is 0 Å². The number of nitrogens with one attached hydrogen (secondary N) is 1. The van der Waals surface area contributed by atoms with Gasteiger partial charge in [-0.25, -0.2) is 10.0 Å². The number of rotatable bonds is 2. The molecule has 1 aliphatic heterocycles. The van der Waals surface area contributed by atoms with Crippen LogP contribution in [0.4, 0.5) is 0 Å². The maximum atomic E-state index is 10.9. The van der Waals surface area contributed by atoms with Crippen molar-refractivity contribution in [3.63, 3.8) is 0 Å². The average Bonchev–Trinajstić information content (AvgIpc) is 2.07. The summed E-state index contributed by atoms with van der Waals surface area (Å²) in [4.78, 5) is 21.4. The molecule has 1 fully saturated rings. The lowest BCUT2D eigenvalue weighted by atomic mass is 10.4. The minimum absolute atomic E-state index is 0.230. The van der Waals surface area contributed by atoms with Crippen molar-refractivity contribution in [2.75, 3.05) is 26.2 Å². The lowest BCUT2D eigenvalue weighted by Gasteiger charge is -2.32. The third-order valence-corrected chi connectivity index (χ3v) is 1.82. The summed E-state index contributed by atoms with van der Waals surface area (Å²) in [7, 11) is 0. The Kier molecular flexibility index (Phi) is 3.19. The maximum Gasteiger partial charge on any atom is 0.240 e. The fourth-order valence-corrected chi connectivity index (χ4v) is 1.21. The lowest BCUT2D eigenvalue weighted by Crippen LogP contribution is -2.53. The van der Waals surface area contributed by atoms with Crippen LogP contribution >= 0.6 is 0 Å². The topological polar surface area (TPSA) is 52.7 Å². The van der Waals surface area contributed by atoms with Crippen molar-refractivity contribution in [3.8, 4) is 0 Å². The summed E-state index contributed by atoms with van der Waals surface area (Å²) < 4.78 is 0. The van der Waals surface area contributed by atoms with Gasteiger partial charge in [0, 0.05) is 33.1 Å². The lowest BCUT2D eigenvalue weighted by molar-refractivity contribution is -0.155. The highest BCUT2D eigenvalue weighted by atomic mass is 16.2. The van der Waals surface area contributed by atoms with Crippen molar-refractivity contribution >= 4 is 12.3 Å². The van der Waals surface area contributed by atoms with E-state index in [1.165, 1.54) is 6.92 Å². The van der Waals surface area contributed by atoms with Crippen LogP contribution in [0.25, 0.3) is 0 Å². The predicted molar refractivity (Wildman–Crippen MR) is 43.0 cm³/mol. The van der Waals surface area contributed by atoms with E-state index in [-0.39, 0.29) is 5.91 Å². The van der Waals surface area contributed by atoms with E-state index in [4.69, 9.17) is 0 Å². The van der Waals surface area contributed by atoms with Crippen LogP contribution in [0, 0.1) is 0 Å². The summed E-state index contributed by atoms with van der Waals surface area (Å²) >= 11 is 0. The first-order valence-corrected chi connectivity index (χ1v) is 3.96. The first kappa shape index (κ1) is 9.15. The molecule has 12 heavy (non-hydrogen) atoms. The largest absolute Gasteiger partial charge is 0.314 e. The molecule has 0 aromatic heterocycles. The van der Waals surface area contributed by atoms with Gasteiger partial charge in [-0.2, -0.15) is 0 Å². The Hall–Kier alpha value is -0.940. The number of hydrogen-bond donors (Lipinski definition) is 1. The predicted octanol–water partition coefficient (Wildman–Crippen LogP) is -1.19. The molecule has 1 aliphatic rings. The molecule has 0 aliphatic carbocycles. The van der Waals surface area contributed by atoms with Gasteiger partial charge in [-0.05, 0) is 0 Å². The van der Waals surface area contributed by atoms with Gasteiger partial charge in [0.2, 0.25) is 12.3 Å². The Morgan fingerprint density at radius 1 is 1.50 bits per heavy atom. The Bertz CT molecular complexity index is 177. The molecule has 0 bridgehead atoms. The van der Waals surface area contributed by atoms with Crippen LogP contribution in [0.5, 0.6) is 0 Å². The van der Waals surface area contributed by atoms with Crippen LogP contribution < -0.4 is 5.32 Å². The molecule has 5 heteroatoms. The fourth-order valence-electron chi connectivity index (χ4n) is 1.21. The van der Waals surface area contributed by atoms with Crippen LogP contribution in [-0.2, 0) is 9.59 Å². The first-order chi connectivity index (χ1) is 5.75. The van der Waals surface area contributed by atoms with Gasteiger partial charge in [-0.3, -0.25) is 9.59 Å². The monoisotopic (exact) mass is 171 g/mol. The third kappa shape index (κ3) is 2.02. The first-order valence-electron chi connectivity index (χ1n) is 3.96. The van der Waals surface area contributed by atoms with Gasteiger partial charge in [-0.15, -0.1) is 0 Å². The third-order valence-electron chi connectivity index (χ3n) is 1.82. The van der Waals surface area contributed by atoms with Gasteiger partial charge in [0.05, 0.1) is 0 Å². The smallest absolute Gasteiger partial charge is 0.240 e. The highest BCUT2D eigenvalue weighted by Gasteiger charge is 2.18. The standard InChI is InChI=1S/C7H13N3O2/c1-7(12)10(6-11)9-4-2-8-3-5-9/h6,8H,2-5H2,1H3. The zero-order chi connectivity index (χ0) is 8.97. The van der Waals surface area contributed by atoms with E-state index >= 15 is 0 Å². The van der Waals surface area contributed by atoms with Crippen molar-refractivity contribution in [2.24, 2.45) is 0 Å². The number of imide groups is 1. The molecule has 0 radical (unpaired) electrons. The molecular weight excluding hydrogens is 158 g/mol. The zero-order valence-corrected chi connectivity index (χ0v) is 7.12. The number of nitrogens with zero attached hydrogens (tertiary/aromatic N) is 2. The molecule has 5 nitrogen and oxygen atoms in total. The average molecular weight is 171 g/mol. The van der Waals surface area contributed by atoms with Crippen molar-refractivity contribution in [1.82, 2.24) is 15.3 Å². The van der Waals surface area contributed by atoms with Gasteiger partial charge in [0.25, 0.3) is 0 Å². The number of carbonyl (C=O) groups is 2. The van der Waals surface area contributed by atoms with E-state index < -0.39 is 0 Å². The van der Waals surface area contributed by atoms with Crippen LogP contribution in [0.3, 0.4) is 0 Å². The molecule has 68 valence electrons. The van der Waals surface area contributed by atoms with Crippen LogP contribution in [0.2, 0.25) is 0 Å². The molecule has 0 aromatic rings. The molecule has 0 saturated carbocycles. The van der Waals surface area contributed by atoms with Crippen molar-refractivity contribution in [1.29, 1.82) is 0 Å². The number of carbonyl (C=O) groups excluding carboxylic acids is 2. The number of hydrogen-bond acceptors (Lipinski definition) is 4. The molecule has 0 atom stereocenters. The molecule has 2 amide bonds. The molecule has 0 spiro atoms. The van der Waals surface area contributed by atoms with E-state index in [0.29, 0.717) is 19.5 Å². The second-order valence-corrected chi connectivity index (χ2v) is 2.67. The molecule has 1 rings (SSSR count). The summed E-state index contributed by atoms with van der Waals surface area (Å²) in [5.41, 5.74) is 0. The second-order valence-electron chi connectivity index (χ2n) is 2.67. The van der Waals surface area contributed by atoms with E-state index in [2.05, 4.69) is 5.32 Å². The highest BCUT2D eigenvalue weighted by molar-refractivity contribution is 5.83. The normalized spacial score (nSPS) is 18.8. The summed E-state index contributed by atoms with van der Waals surface area (Å²) in [5, 5.41) is 6.00. The zero-order valence-electron chi connectivity index (χ0n) is 7.12. The highest BCUT2D eigenvalue weighted by Crippen LogP contribution is 1.97. The molecule has 0 aromatic carbocycles. The number of piperazine rings is 1. The Morgan fingerprint density at radius 3 is 2.50 bits per heavy atom. The second kappa shape index (κ2) is 4.18. The van der Waals surface area contributed by atoms with Gasteiger partial charge < -0.3 is 5.32 Å². The van der Waals surface area contributed by atoms with Gasteiger partial charge in [0.15, 0.2) is 0 Å². The van der Waals surface area contributed by atoms with Crippen molar-refractivity contribution < 1.29 is 9.59 Å². The molecule has 1 heterocycles. The molecule has 1 saturated heterocycles. The van der Waals surface area contributed by atoms with E-state index in [1.54, 1.807) is 5.01 Å². The summed E-state index contributed by atoms with van der Waals surface area (Å²) in [6.45, 7) is 4.43. The molecular formula is C7H13N3O2. The van der Waals surface area contributed by atoms with E-state index in [0.717, 1.165) is 18.1 Å². The Labute approximate surface area is 71.3 Å². The summed E-state index contributed by atoms with van der Waals surface area (Å²) in [6.07, 6.45) is 0.563. The van der Waals surface area contributed by atoms with E-state index in [9.17, 15) is 9.59 Å². The SMILES string of the molecule is CC(=O)N(C=O)N1CCNCC1. The quantitative estimate of drug-likeness (QED) is 0.531. The summed E-state index contributed by atoms with van der Waals surface area (Å²) in [6, 6.07) is 0. The minimum Gasteiger partial charge on any atom is -0.314 e. The van der Waals surface area contributed by atoms with Crippen molar-refractivity contribution in [3.05, 3.63) is 0 Å². The van der Waals surface area contributed by atoms with Crippen LogP contribution in [0.15, 0.2) is 0 Å². The van der Waals surface area contributed by atoms with Gasteiger partial charge >= 0.3 is 0 Å². The minimum atomic E-state index is -0.230. The van der Waals surface area contributed by atoms with E-state index in [1.807, 2.05) is 0 Å². The van der Waals surface area contributed by atoms with Gasteiger partial charge in [-0.1, -0.05) is 0 Å². The summed E-state index contributed by atoms with van der Waals surface area (Å²) in [5.74, 6) is -0.230. The van der Waals surface area contributed by atoms with Crippen LogP contribution in [0.1, 0.15) is 6.92 Å². The maximum absolute atomic E-state index is 10.9. The Morgan fingerprint density at radius 2 is 2.08 bits per heavy atom. The van der Waals surface area contributed by atoms with Crippen molar-refractivity contribution in [2.45, 2.75) is 6.92 Å². The number of hydrazine groups is 1. The molecule has 1 N–H and O–H groups in total.